The van der Waals surface area contributed by atoms with Crippen LogP contribution in [0.2, 0.25) is 0 Å². The number of aromatic amines is 1. The fourth-order valence-electron chi connectivity index (χ4n) is 6.48. The third-order valence-electron chi connectivity index (χ3n) is 8.53. The number of anilines is 2. The van der Waals surface area contributed by atoms with E-state index in [1.807, 2.05) is 0 Å². The van der Waals surface area contributed by atoms with Gasteiger partial charge < -0.3 is 15.4 Å². The minimum atomic E-state index is -3.68. The molecule has 2 saturated carbocycles. The number of benzene rings is 1. The Morgan fingerprint density at radius 2 is 1.90 bits per heavy atom. The third kappa shape index (κ3) is 4.39. The molecule has 0 radical (unpaired) electrons. The lowest BCUT2D eigenvalue weighted by Crippen LogP contribution is -2.39. The summed E-state index contributed by atoms with van der Waals surface area (Å²) in [5.41, 5.74) is 1.61. The van der Waals surface area contributed by atoms with Crippen molar-refractivity contribution in [3.05, 3.63) is 46.4 Å². The predicted octanol–water partition coefficient (Wildman–Crippen LogP) is 3.87. The average Bonchev–Trinajstić information content (AvgIpc) is 3.43. The number of carboxylic acid groups (broad SMARTS) is 1. The number of nitrogens with one attached hydrogen (secondary N) is 2. The highest BCUT2D eigenvalue weighted by Gasteiger charge is 2.41. The zero-order valence-electron chi connectivity index (χ0n) is 21.3. The van der Waals surface area contributed by atoms with Crippen LogP contribution < -0.4 is 10.9 Å². The highest BCUT2D eigenvalue weighted by Crippen LogP contribution is 2.40. The summed E-state index contributed by atoms with van der Waals surface area (Å²) < 4.78 is 30.0. The first-order chi connectivity index (χ1) is 18.8. The fourth-order valence-corrected chi connectivity index (χ4v) is 8.34. The summed E-state index contributed by atoms with van der Waals surface area (Å²) in [5.74, 6) is -1.06. The number of H-pyrrole nitrogens is 1. The quantitative estimate of drug-likeness (QED) is 0.431. The molecule has 2 fully saturated rings. The van der Waals surface area contributed by atoms with Gasteiger partial charge in [-0.05, 0) is 68.4 Å². The number of nitrogens with zero attached hydrogens (tertiary/aromatic N) is 4. The van der Waals surface area contributed by atoms with Crippen LogP contribution in [0.5, 0.6) is 0 Å². The van der Waals surface area contributed by atoms with Crippen molar-refractivity contribution in [2.75, 3.05) is 5.32 Å². The lowest BCUT2D eigenvalue weighted by atomic mass is 9.85. The number of pyridine rings is 1. The molecule has 3 aromatic rings. The molecule has 0 unspecified atom stereocenters. The monoisotopic (exact) mass is 550 g/mol. The SMILES string of the molecule is N#C[C@H]1CCCC[C@@H]1n1nc(Nc2ccc3c(c2)CN([C@H]2CC[C@H](C(=O)O)CC2)S3(=O)=O)c2c(=O)[nH]ccc21. The Bertz CT molecular complexity index is 1650. The van der Waals surface area contributed by atoms with E-state index in [1.54, 1.807) is 35.1 Å². The van der Waals surface area contributed by atoms with Crippen LogP contribution in [-0.4, -0.2) is 44.6 Å². The van der Waals surface area contributed by atoms with Gasteiger partial charge in [0.1, 0.15) is 5.39 Å². The van der Waals surface area contributed by atoms with E-state index in [0.29, 0.717) is 53.7 Å². The Morgan fingerprint density at radius 3 is 2.64 bits per heavy atom. The number of fused-ring (bicyclic) bond motifs is 2. The van der Waals surface area contributed by atoms with Crippen LogP contribution in [0.4, 0.5) is 11.5 Å². The first-order valence-electron chi connectivity index (χ1n) is 13.4. The van der Waals surface area contributed by atoms with Gasteiger partial charge in [0.15, 0.2) is 5.82 Å². The molecule has 3 heterocycles. The first-order valence-corrected chi connectivity index (χ1v) is 14.9. The van der Waals surface area contributed by atoms with Crippen molar-refractivity contribution in [2.45, 2.75) is 74.9 Å². The van der Waals surface area contributed by atoms with E-state index >= 15 is 0 Å². The molecule has 3 N–H and O–H groups in total. The zero-order valence-corrected chi connectivity index (χ0v) is 22.2. The number of hydrogen-bond acceptors (Lipinski definition) is 7. The number of rotatable bonds is 5. The van der Waals surface area contributed by atoms with E-state index < -0.39 is 21.9 Å². The van der Waals surface area contributed by atoms with E-state index in [-0.39, 0.29) is 35.0 Å². The second kappa shape index (κ2) is 9.81. The predicted molar refractivity (Wildman–Crippen MR) is 143 cm³/mol. The number of sulfonamides is 1. The summed E-state index contributed by atoms with van der Waals surface area (Å²) in [5, 5.41) is 27.4. The van der Waals surface area contributed by atoms with Crippen LogP contribution >= 0.6 is 0 Å². The zero-order chi connectivity index (χ0) is 27.3. The topological polar surface area (TPSA) is 161 Å². The minimum Gasteiger partial charge on any atom is -0.481 e. The van der Waals surface area contributed by atoms with Gasteiger partial charge in [0.2, 0.25) is 10.0 Å². The van der Waals surface area contributed by atoms with Gasteiger partial charge in [-0.15, -0.1) is 0 Å². The number of aromatic nitrogens is 3. The smallest absolute Gasteiger partial charge is 0.306 e. The number of aliphatic carboxylic acids is 1. The lowest BCUT2D eigenvalue weighted by Gasteiger charge is -2.32. The molecular formula is C27H30N6O5S. The van der Waals surface area contributed by atoms with Gasteiger partial charge in [-0.2, -0.15) is 14.7 Å². The van der Waals surface area contributed by atoms with E-state index in [0.717, 1.165) is 25.7 Å². The Hall–Kier alpha value is -3.69. The molecule has 0 spiro atoms. The normalized spacial score (nSPS) is 26.6. The minimum absolute atomic E-state index is 0.126. The van der Waals surface area contributed by atoms with Crippen LogP contribution in [0.15, 0.2) is 40.2 Å². The van der Waals surface area contributed by atoms with E-state index in [9.17, 15) is 28.4 Å². The molecule has 0 saturated heterocycles. The molecule has 1 aliphatic heterocycles. The van der Waals surface area contributed by atoms with Gasteiger partial charge in [0, 0.05) is 24.5 Å². The van der Waals surface area contributed by atoms with Crippen LogP contribution in [0, 0.1) is 23.2 Å². The summed E-state index contributed by atoms with van der Waals surface area (Å²) in [7, 11) is -3.68. The standard InChI is InChI=1S/C27H30N6O5S/c28-14-17-3-1-2-4-21(17)33-22-11-12-29-26(34)24(22)25(31-33)30-19-7-10-23-18(13-19)15-32(39(23,37)38)20-8-5-16(6-9-20)27(35)36/h7,10-13,16-17,20-21H,1-6,8-9,15H2,(H,29,34)(H,30,31)(H,35,36)/t16-,17-,20-,21+/m1/s1. The Balaban J connectivity index is 1.30. The molecule has 11 nitrogen and oxygen atoms in total. The van der Waals surface area contributed by atoms with Crippen molar-refractivity contribution >= 4 is 38.4 Å². The maximum atomic E-state index is 13.3. The molecular weight excluding hydrogens is 520 g/mol. The van der Waals surface area contributed by atoms with Crippen molar-refractivity contribution < 1.29 is 18.3 Å². The van der Waals surface area contributed by atoms with E-state index in [1.165, 1.54) is 4.31 Å². The Kier molecular flexibility index (Phi) is 6.43. The van der Waals surface area contributed by atoms with Gasteiger partial charge >= 0.3 is 5.97 Å². The molecule has 2 aromatic heterocycles. The average molecular weight is 551 g/mol. The fraction of sp³-hybridized carbons (Fsp3) is 0.481. The van der Waals surface area contributed by atoms with Gasteiger partial charge in [0.05, 0.1) is 34.4 Å². The van der Waals surface area contributed by atoms with Crippen molar-refractivity contribution in [1.29, 1.82) is 5.26 Å². The summed E-state index contributed by atoms with van der Waals surface area (Å²) in [6.45, 7) is 0.220. The molecule has 1 aromatic carbocycles. The van der Waals surface area contributed by atoms with Crippen molar-refractivity contribution in [3.63, 3.8) is 0 Å². The van der Waals surface area contributed by atoms with Gasteiger partial charge in [-0.3, -0.25) is 14.3 Å². The van der Waals surface area contributed by atoms with Crippen LogP contribution in [-0.2, 0) is 21.4 Å². The third-order valence-corrected chi connectivity index (χ3v) is 10.5. The molecule has 2 atom stereocenters. The number of hydrogen-bond donors (Lipinski definition) is 3. The van der Waals surface area contributed by atoms with Gasteiger partial charge in [-0.25, -0.2) is 8.42 Å². The molecule has 3 aliphatic rings. The van der Waals surface area contributed by atoms with Crippen LogP contribution in [0.25, 0.3) is 10.9 Å². The molecule has 2 aliphatic carbocycles. The van der Waals surface area contributed by atoms with Crippen molar-refractivity contribution in [3.8, 4) is 6.07 Å². The second-order valence-corrected chi connectivity index (χ2v) is 12.6. The first kappa shape index (κ1) is 25.6. The van der Waals surface area contributed by atoms with Gasteiger partial charge in [0.25, 0.3) is 5.56 Å². The van der Waals surface area contributed by atoms with Crippen molar-refractivity contribution in [2.24, 2.45) is 11.8 Å². The molecule has 39 heavy (non-hydrogen) atoms. The summed E-state index contributed by atoms with van der Waals surface area (Å²) in [6, 6.07) is 8.87. The van der Waals surface area contributed by atoms with Gasteiger partial charge in [-0.1, -0.05) is 12.8 Å². The second-order valence-electron chi connectivity index (χ2n) is 10.8. The van der Waals surface area contributed by atoms with E-state index in [2.05, 4.69) is 16.4 Å². The maximum Gasteiger partial charge on any atom is 0.306 e. The molecule has 12 heteroatoms. The molecule has 6 rings (SSSR count). The molecule has 0 bridgehead atoms. The molecule has 204 valence electrons. The number of carbonyl (C=O) groups is 1. The highest BCUT2D eigenvalue weighted by atomic mass is 32.2. The van der Waals surface area contributed by atoms with Crippen LogP contribution in [0.1, 0.15) is 63.0 Å². The van der Waals surface area contributed by atoms with Crippen molar-refractivity contribution in [1.82, 2.24) is 19.1 Å². The number of nitriles is 1. The Morgan fingerprint density at radius 1 is 1.13 bits per heavy atom. The number of carboxylic acids is 1. The Labute approximate surface area is 225 Å². The van der Waals surface area contributed by atoms with Crippen LogP contribution in [0.3, 0.4) is 0 Å². The summed E-state index contributed by atoms with van der Waals surface area (Å²) in [6.07, 6.45) is 7.14. The summed E-state index contributed by atoms with van der Waals surface area (Å²) in [4.78, 5) is 27.1. The van der Waals surface area contributed by atoms with E-state index in [4.69, 9.17) is 5.10 Å². The molecule has 0 amide bonds. The summed E-state index contributed by atoms with van der Waals surface area (Å²) >= 11 is 0. The lowest BCUT2D eigenvalue weighted by molar-refractivity contribution is -0.143. The largest absolute Gasteiger partial charge is 0.481 e. The maximum absolute atomic E-state index is 13.3. The highest BCUT2D eigenvalue weighted by molar-refractivity contribution is 7.89.